The summed E-state index contributed by atoms with van der Waals surface area (Å²) >= 11 is 0. The number of rotatable bonds is 5. The van der Waals surface area contributed by atoms with E-state index in [2.05, 4.69) is 20.8 Å². The highest BCUT2D eigenvalue weighted by Crippen LogP contribution is 2.14. The summed E-state index contributed by atoms with van der Waals surface area (Å²) < 4.78 is 3.43. The molecule has 0 aromatic carbocycles. The maximum atomic E-state index is 12.2. The molecule has 0 fully saturated rings. The number of hydrogen-bond acceptors (Lipinski definition) is 4. The summed E-state index contributed by atoms with van der Waals surface area (Å²) in [6.07, 6.45) is 6.93. The van der Waals surface area contributed by atoms with E-state index in [1.54, 1.807) is 35.0 Å². The lowest BCUT2D eigenvalue weighted by molar-refractivity contribution is -0.118. The Hall–Kier alpha value is -2.15. The first kappa shape index (κ1) is 13.3. The molecule has 0 saturated carbocycles. The van der Waals surface area contributed by atoms with E-state index in [0.717, 1.165) is 12.1 Å². The second-order valence-corrected chi connectivity index (χ2v) is 4.24. The second kappa shape index (κ2) is 5.66. The number of amides is 1. The molecule has 1 amide bonds. The molecule has 0 bridgehead atoms. The minimum absolute atomic E-state index is 0.133. The summed E-state index contributed by atoms with van der Waals surface area (Å²) in [6.45, 7) is 2.76. The van der Waals surface area contributed by atoms with Gasteiger partial charge in [0.1, 0.15) is 6.04 Å². The number of hydrogen-bond donors (Lipinski definition) is 2. The van der Waals surface area contributed by atoms with Crippen molar-refractivity contribution in [1.29, 1.82) is 0 Å². The number of aryl methyl sites for hydroxylation is 2. The van der Waals surface area contributed by atoms with Crippen LogP contribution >= 0.6 is 0 Å². The van der Waals surface area contributed by atoms with Crippen LogP contribution in [-0.2, 0) is 18.4 Å². The van der Waals surface area contributed by atoms with E-state index in [-0.39, 0.29) is 5.91 Å². The van der Waals surface area contributed by atoms with Crippen LogP contribution in [-0.4, -0.2) is 32.5 Å². The van der Waals surface area contributed by atoms with Gasteiger partial charge in [0.25, 0.3) is 0 Å². The van der Waals surface area contributed by atoms with Crippen molar-refractivity contribution < 1.29 is 4.79 Å². The number of carbonyl (C=O) groups excluding carboxylic acids is 1. The fourth-order valence-corrected chi connectivity index (χ4v) is 1.85. The zero-order valence-electron chi connectivity index (χ0n) is 11.3. The van der Waals surface area contributed by atoms with Gasteiger partial charge in [-0.25, -0.2) is 0 Å². The van der Waals surface area contributed by atoms with Gasteiger partial charge in [0.2, 0.25) is 5.91 Å². The first-order valence-electron chi connectivity index (χ1n) is 6.13. The Morgan fingerprint density at radius 3 is 2.68 bits per heavy atom. The SMILES string of the molecule is CCn1cc(NC(=O)C(NC)c2cnn(C)c2)cn1. The Labute approximate surface area is 111 Å². The Morgan fingerprint density at radius 1 is 1.37 bits per heavy atom. The largest absolute Gasteiger partial charge is 0.322 e. The van der Waals surface area contributed by atoms with Gasteiger partial charge in [-0.2, -0.15) is 10.2 Å². The normalized spacial score (nSPS) is 12.4. The summed E-state index contributed by atoms with van der Waals surface area (Å²) in [5.74, 6) is -0.133. The van der Waals surface area contributed by atoms with Crippen LogP contribution in [0.5, 0.6) is 0 Å². The number of nitrogens with zero attached hydrogens (tertiary/aromatic N) is 4. The van der Waals surface area contributed by atoms with Crippen LogP contribution < -0.4 is 10.6 Å². The molecule has 0 aliphatic rings. The maximum absolute atomic E-state index is 12.2. The average molecular weight is 262 g/mol. The Morgan fingerprint density at radius 2 is 2.16 bits per heavy atom. The third-order valence-electron chi connectivity index (χ3n) is 2.83. The van der Waals surface area contributed by atoms with Crippen LogP contribution in [0.1, 0.15) is 18.5 Å². The number of likely N-dealkylation sites (N-methyl/N-ethyl adjacent to an activating group) is 1. The van der Waals surface area contributed by atoms with Gasteiger partial charge in [-0.05, 0) is 14.0 Å². The molecule has 1 unspecified atom stereocenters. The predicted molar refractivity (Wildman–Crippen MR) is 71.5 cm³/mol. The highest BCUT2D eigenvalue weighted by atomic mass is 16.2. The molecule has 0 radical (unpaired) electrons. The molecule has 2 aromatic heterocycles. The van der Waals surface area contributed by atoms with Crippen LogP contribution in [0.3, 0.4) is 0 Å². The van der Waals surface area contributed by atoms with Gasteiger partial charge >= 0.3 is 0 Å². The van der Waals surface area contributed by atoms with Crippen molar-refractivity contribution >= 4 is 11.6 Å². The molecule has 19 heavy (non-hydrogen) atoms. The number of carbonyl (C=O) groups is 1. The molecule has 2 N–H and O–H groups in total. The van der Waals surface area contributed by atoms with E-state index in [9.17, 15) is 4.79 Å². The first-order chi connectivity index (χ1) is 9.13. The molecule has 0 aliphatic carbocycles. The maximum Gasteiger partial charge on any atom is 0.246 e. The number of nitrogens with one attached hydrogen (secondary N) is 2. The van der Waals surface area contributed by atoms with Gasteiger partial charge in [-0.15, -0.1) is 0 Å². The molecular formula is C12H18N6O. The molecule has 102 valence electrons. The van der Waals surface area contributed by atoms with Crippen LogP contribution in [0, 0.1) is 0 Å². The lowest BCUT2D eigenvalue weighted by Gasteiger charge is -2.13. The molecule has 0 spiro atoms. The summed E-state index contributed by atoms with van der Waals surface area (Å²) in [5.41, 5.74) is 1.52. The summed E-state index contributed by atoms with van der Waals surface area (Å²) in [5, 5.41) is 14.0. The topological polar surface area (TPSA) is 76.8 Å². The summed E-state index contributed by atoms with van der Waals surface area (Å²) in [4.78, 5) is 12.2. The van der Waals surface area contributed by atoms with E-state index in [0.29, 0.717) is 5.69 Å². The lowest BCUT2D eigenvalue weighted by Crippen LogP contribution is -2.30. The van der Waals surface area contributed by atoms with Crippen molar-refractivity contribution in [3.8, 4) is 0 Å². The molecule has 2 aromatic rings. The van der Waals surface area contributed by atoms with E-state index < -0.39 is 6.04 Å². The highest BCUT2D eigenvalue weighted by molar-refractivity contribution is 5.95. The number of anilines is 1. The molecule has 0 saturated heterocycles. The summed E-state index contributed by atoms with van der Waals surface area (Å²) in [7, 11) is 3.56. The van der Waals surface area contributed by atoms with E-state index >= 15 is 0 Å². The van der Waals surface area contributed by atoms with Gasteiger partial charge < -0.3 is 10.6 Å². The van der Waals surface area contributed by atoms with Crippen molar-refractivity contribution in [1.82, 2.24) is 24.9 Å². The fraction of sp³-hybridized carbons (Fsp3) is 0.417. The van der Waals surface area contributed by atoms with E-state index in [1.165, 1.54) is 0 Å². The Bertz CT molecular complexity index is 558. The zero-order valence-corrected chi connectivity index (χ0v) is 11.3. The van der Waals surface area contributed by atoms with Crippen LogP contribution in [0.25, 0.3) is 0 Å². The minimum atomic E-state index is -0.432. The lowest BCUT2D eigenvalue weighted by atomic mass is 10.1. The molecule has 7 nitrogen and oxygen atoms in total. The van der Waals surface area contributed by atoms with Crippen molar-refractivity contribution in [3.63, 3.8) is 0 Å². The van der Waals surface area contributed by atoms with Gasteiger partial charge in [0, 0.05) is 31.5 Å². The fourth-order valence-electron chi connectivity index (χ4n) is 1.85. The zero-order chi connectivity index (χ0) is 13.8. The molecule has 2 rings (SSSR count). The second-order valence-electron chi connectivity index (χ2n) is 4.24. The van der Waals surface area contributed by atoms with Gasteiger partial charge in [0.15, 0.2) is 0 Å². The molecular weight excluding hydrogens is 244 g/mol. The third-order valence-corrected chi connectivity index (χ3v) is 2.83. The van der Waals surface area contributed by atoms with Crippen LogP contribution in [0.4, 0.5) is 5.69 Å². The van der Waals surface area contributed by atoms with Crippen molar-refractivity contribution in [2.75, 3.05) is 12.4 Å². The average Bonchev–Trinajstić information content (AvgIpc) is 3.00. The van der Waals surface area contributed by atoms with Gasteiger partial charge in [-0.3, -0.25) is 14.2 Å². The molecule has 2 heterocycles. The quantitative estimate of drug-likeness (QED) is 0.824. The summed E-state index contributed by atoms with van der Waals surface area (Å²) in [6, 6.07) is -0.432. The van der Waals surface area contributed by atoms with E-state index in [4.69, 9.17) is 0 Å². The molecule has 7 heteroatoms. The Kier molecular flexibility index (Phi) is 3.96. The third kappa shape index (κ3) is 3.00. The first-order valence-corrected chi connectivity index (χ1v) is 6.13. The standard InChI is InChI=1S/C12H18N6O/c1-4-18-8-10(6-15-18)16-12(19)11(13-2)9-5-14-17(3)7-9/h5-8,11,13H,4H2,1-3H3,(H,16,19). The van der Waals surface area contributed by atoms with Crippen molar-refractivity contribution in [2.24, 2.45) is 7.05 Å². The van der Waals surface area contributed by atoms with Crippen molar-refractivity contribution in [2.45, 2.75) is 19.5 Å². The smallest absolute Gasteiger partial charge is 0.246 e. The molecule has 0 aliphatic heterocycles. The monoisotopic (exact) mass is 262 g/mol. The van der Waals surface area contributed by atoms with E-state index in [1.807, 2.05) is 20.2 Å². The van der Waals surface area contributed by atoms with Gasteiger partial charge in [-0.1, -0.05) is 0 Å². The molecule has 1 atom stereocenters. The van der Waals surface area contributed by atoms with Crippen LogP contribution in [0.2, 0.25) is 0 Å². The van der Waals surface area contributed by atoms with Gasteiger partial charge in [0.05, 0.1) is 18.1 Å². The van der Waals surface area contributed by atoms with Crippen LogP contribution in [0.15, 0.2) is 24.8 Å². The minimum Gasteiger partial charge on any atom is -0.322 e. The highest BCUT2D eigenvalue weighted by Gasteiger charge is 2.20. The number of aromatic nitrogens is 4. The van der Waals surface area contributed by atoms with Crippen molar-refractivity contribution in [3.05, 3.63) is 30.4 Å². The predicted octanol–water partition coefficient (Wildman–Crippen LogP) is 0.536. The Balaban J connectivity index is 2.08.